The summed E-state index contributed by atoms with van der Waals surface area (Å²) in [6.45, 7) is 12.4. The first-order valence-electron chi connectivity index (χ1n) is 7.42. The summed E-state index contributed by atoms with van der Waals surface area (Å²) < 4.78 is 0. The van der Waals surface area contributed by atoms with E-state index >= 15 is 0 Å². The number of hydrogen-bond donors (Lipinski definition) is 2. The third-order valence-corrected chi connectivity index (χ3v) is 5.19. The Morgan fingerprint density at radius 2 is 1.89 bits per heavy atom. The van der Waals surface area contributed by atoms with Gasteiger partial charge in [-0.25, -0.2) is 0 Å². The largest absolute Gasteiger partial charge is 0.394 e. The van der Waals surface area contributed by atoms with Crippen molar-refractivity contribution < 1.29 is 5.11 Å². The van der Waals surface area contributed by atoms with Crippen LogP contribution in [0, 0.1) is 5.92 Å². The van der Waals surface area contributed by atoms with Gasteiger partial charge in [0.15, 0.2) is 0 Å². The average Bonchev–Trinajstić information content (AvgIpc) is 2.35. The lowest BCUT2D eigenvalue weighted by Crippen LogP contribution is -2.46. The van der Waals surface area contributed by atoms with Crippen LogP contribution in [0.4, 0.5) is 0 Å². The van der Waals surface area contributed by atoms with Gasteiger partial charge in [-0.2, -0.15) is 11.8 Å². The first-order chi connectivity index (χ1) is 8.45. The van der Waals surface area contributed by atoms with Crippen LogP contribution in [0.2, 0.25) is 0 Å². The molecular formula is C15H33NOS. The van der Waals surface area contributed by atoms with Crippen LogP contribution in [0.3, 0.4) is 0 Å². The Morgan fingerprint density at radius 1 is 1.22 bits per heavy atom. The predicted octanol–water partition coefficient (Wildman–Crippen LogP) is 3.69. The Labute approximate surface area is 118 Å². The van der Waals surface area contributed by atoms with E-state index in [1.807, 2.05) is 0 Å². The van der Waals surface area contributed by atoms with E-state index in [2.05, 4.69) is 51.7 Å². The third-order valence-electron chi connectivity index (χ3n) is 3.59. The standard InChI is InChI=1S/C15H33NOS/c1-6-10-16-15(5,12-17)9-7-8-11-18-14(4)13(2)3/h13-14,16-17H,6-12H2,1-5H3. The second kappa shape index (κ2) is 10.1. The highest BCUT2D eigenvalue weighted by Crippen LogP contribution is 2.21. The summed E-state index contributed by atoms with van der Waals surface area (Å²) in [6.07, 6.45) is 4.65. The van der Waals surface area contributed by atoms with Gasteiger partial charge in [-0.05, 0) is 44.4 Å². The molecule has 2 unspecified atom stereocenters. The summed E-state index contributed by atoms with van der Waals surface area (Å²) >= 11 is 2.08. The van der Waals surface area contributed by atoms with Gasteiger partial charge in [-0.3, -0.25) is 0 Å². The van der Waals surface area contributed by atoms with E-state index in [9.17, 15) is 5.11 Å². The molecule has 0 fully saturated rings. The van der Waals surface area contributed by atoms with E-state index < -0.39 is 0 Å². The summed E-state index contributed by atoms with van der Waals surface area (Å²) in [7, 11) is 0. The Hall–Kier alpha value is 0.270. The molecular weight excluding hydrogens is 242 g/mol. The molecule has 0 aliphatic heterocycles. The number of rotatable bonds is 11. The lowest BCUT2D eigenvalue weighted by molar-refractivity contribution is 0.163. The zero-order chi connectivity index (χ0) is 14.0. The van der Waals surface area contributed by atoms with Crippen molar-refractivity contribution in [3.63, 3.8) is 0 Å². The molecule has 3 heteroatoms. The molecule has 0 saturated carbocycles. The molecule has 2 nitrogen and oxygen atoms in total. The molecule has 0 heterocycles. The molecule has 0 aliphatic rings. The Morgan fingerprint density at radius 3 is 2.39 bits per heavy atom. The maximum atomic E-state index is 9.46. The molecule has 0 rings (SSSR count). The quantitative estimate of drug-likeness (QED) is 0.564. The number of thioether (sulfide) groups is 1. The zero-order valence-electron chi connectivity index (χ0n) is 13.0. The molecule has 0 aromatic heterocycles. The third kappa shape index (κ3) is 8.39. The van der Waals surface area contributed by atoms with Crippen LogP contribution in [0.5, 0.6) is 0 Å². The smallest absolute Gasteiger partial charge is 0.0610 e. The van der Waals surface area contributed by atoms with Gasteiger partial charge in [0.2, 0.25) is 0 Å². The number of aliphatic hydroxyl groups is 1. The van der Waals surface area contributed by atoms with Gasteiger partial charge in [0.25, 0.3) is 0 Å². The van der Waals surface area contributed by atoms with Crippen molar-refractivity contribution in [3.8, 4) is 0 Å². The summed E-state index contributed by atoms with van der Waals surface area (Å²) in [4.78, 5) is 0. The SMILES string of the molecule is CCCNC(C)(CO)CCCCSC(C)C(C)C. The van der Waals surface area contributed by atoms with E-state index in [-0.39, 0.29) is 12.1 Å². The van der Waals surface area contributed by atoms with Gasteiger partial charge >= 0.3 is 0 Å². The van der Waals surface area contributed by atoms with Gasteiger partial charge in [-0.15, -0.1) is 0 Å². The topological polar surface area (TPSA) is 32.3 Å². The maximum absolute atomic E-state index is 9.46. The fourth-order valence-corrected chi connectivity index (χ4v) is 2.86. The molecule has 0 bridgehead atoms. The average molecular weight is 276 g/mol. The van der Waals surface area contributed by atoms with Crippen LogP contribution in [0.25, 0.3) is 0 Å². The van der Waals surface area contributed by atoms with Crippen molar-refractivity contribution >= 4 is 11.8 Å². The first-order valence-corrected chi connectivity index (χ1v) is 8.47. The molecule has 0 saturated heterocycles. The summed E-state index contributed by atoms with van der Waals surface area (Å²) in [5.74, 6) is 2.01. The molecule has 0 aromatic rings. The van der Waals surface area contributed by atoms with E-state index in [4.69, 9.17) is 0 Å². The van der Waals surface area contributed by atoms with Gasteiger partial charge < -0.3 is 10.4 Å². The maximum Gasteiger partial charge on any atom is 0.0610 e. The number of aliphatic hydroxyl groups excluding tert-OH is 1. The number of nitrogens with one attached hydrogen (secondary N) is 1. The number of unbranched alkanes of at least 4 members (excludes halogenated alkanes) is 1. The molecule has 18 heavy (non-hydrogen) atoms. The normalized spacial score (nSPS) is 16.8. The van der Waals surface area contributed by atoms with Crippen LogP contribution >= 0.6 is 11.8 Å². The van der Waals surface area contributed by atoms with Gasteiger partial charge in [0, 0.05) is 10.8 Å². The first kappa shape index (κ1) is 18.3. The van der Waals surface area contributed by atoms with Crippen molar-refractivity contribution in [2.45, 2.75) is 71.1 Å². The van der Waals surface area contributed by atoms with Crippen LogP contribution in [0.1, 0.15) is 60.3 Å². The Bertz CT molecular complexity index is 199. The molecule has 2 atom stereocenters. The van der Waals surface area contributed by atoms with Crippen LogP contribution < -0.4 is 5.32 Å². The van der Waals surface area contributed by atoms with Crippen molar-refractivity contribution in [3.05, 3.63) is 0 Å². The van der Waals surface area contributed by atoms with Crippen molar-refractivity contribution in [1.29, 1.82) is 0 Å². The van der Waals surface area contributed by atoms with Gasteiger partial charge in [0.1, 0.15) is 0 Å². The van der Waals surface area contributed by atoms with E-state index in [0.717, 1.165) is 30.6 Å². The van der Waals surface area contributed by atoms with Crippen LogP contribution in [-0.4, -0.2) is 34.8 Å². The second-order valence-electron chi connectivity index (χ2n) is 5.92. The molecule has 0 aliphatic carbocycles. The molecule has 0 aromatic carbocycles. The minimum absolute atomic E-state index is 0.0790. The second-order valence-corrected chi connectivity index (χ2v) is 7.41. The highest BCUT2D eigenvalue weighted by atomic mass is 32.2. The Balaban J connectivity index is 3.68. The monoisotopic (exact) mass is 275 g/mol. The predicted molar refractivity (Wildman–Crippen MR) is 84.4 cm³/mol. The minimum Gasteiger partial charge on any atom is -0.394 e. The lowest BCUT2D eigenvalue weighted by atomic mass is 9.96. The summed E-state index contributed by atoms with van der Waals surface area (Å²) in [5.41, 5.74) is -0.0790. The minimum atomic E-state index is -0.0790. The molecule has 0 spiro atoms. The van der Waals surface area contributed by atoms with Gasteiger partial charge in [-0.1, -0.05) is 34.1 Å². The fourth-order valence-electron chi connectivity index (χ4n) is 1.73. The molecule has 0 amide bonds. The van der Waals surface area contributed by atoms with Crippen molar-refractivity contribution in [2.24, 2.45) is 5.92 Å². The number of hydrogen-bond acceptors (Lipinski definition) is 3. The Kier molecular flexibility index (Phi) is 10.3. The van der Waals surface area contributed by atoms with Crippen molar-refractivity contribution in [2.75, 3.05) is 18.9 Å². The van der Waals surface area contributed by atoms with Crippen LogP contribution in [-0.2, 0) is 0 Å². The van der Waals surface area contributed by atoms with Gasteiger partial charge in [0.05, 0.1) is 6.61 Å². The summed E-state index contributed by atoms with van der Waals surface area (Å²) in [5, 5.41) is 13.7. The van der Waals surface area contributed by atoms with E-state index in [1.54, 1.807) is 0 Å². The highest BCUT2D eigenvalue weighted by Gasteiger charge is 2.21. The van der Waals surface area contributed by atoms with Crippen LogP contribution in [0.15, 0.2) is 0 Å². The van der Waals surface area contributed by atoms with E-state index in [0.29, 0.717) is 0 Å². The van der Waals surface area contributed by atoms with E-state index in [1.165, 1.54) is 18.6 Å². The summed E-state index contributed by atoms with van der Waals surface area (Å²) in [6, 6.07) is 0. The molecule has 0 radical (unpaired) electrons. The molecule has 2 N–H and O–H groups in total. The highest BCUT2D eigenvalue weighted by molar-refractivity contribution is 7.99. The van der Waals surface area contributed by atoms with Crippen molar-refractivity contribution in [1.82, 2.24) is 5.32 Å². The lowest BCUT2D eigenvalue weighted by Gasteiger charge is -2.29. The molecule has 110 valence electrons. The zero-order valence-corrected chi connectivity index (χ0v) is 13.8. The fraction of sp³-hybridized carbons (Fsp3) is 1.00.